The molecule has 0 aliphatic heterocycles. The molecule has 0 unspecified atom stereocenters. The smallest absolute Gasteiger partial charge is 0.294 e. The summed E-state index contributed by atoms with van der Waals surface area (Å²) in [5.74, 6) is -1.45. The predicted molar refractivity (Wildman–Crippen MR) is 77.7 cm³/mol. The third-order valence-corrected chi connectivity index (χ3v) is 3.33. The van der Waals surface area contributed by atoms with Gasteiger partial charge in [-0.25, -0.2) is 4.98 Å². The molecule has 1 aromatic heterocycles. The average molecular weight is 304 g/mol. The molecule has 0 saturated carbocycles. The maximum atomic E-state index is 11.9. The molecular formula is C14H12N2O4S. The first-order valence-corrected chi connectivity index (χ1v) is 6.89. The summed E-state index contributed by atoms with van der Waals surface area (Å²) in [5.41, 5.74) is 0.353. The number of carbonyl (C=O) groups excluding carboxylic acids is 3. The van der Waals surface area contributed by atoms with Gasteiger partial charge in [-0.05, 0) is 24.3 Å². The molecule has 21 heavy (non-hydrogen) atoms. The van der Waals surface area contributed by atoms with Crippen molar-refractivity contribution in [2.24, 2.45) is 0 Å². The molecular weight excluding hydrogens is 292 g/mol. The highest BCUT2D eigenvalue weighted by molar-refractivity contribution is 7.13. The number of anilines is 1. The first-order chi connectivity index (χ1) is 10.1. The van der Waals surface area contributed by atoms with E-state index in [1.54, 1.807) is 29.6 Å². The Morgan fingerprint density at radius 2 is 1.95 bits per heavy atom. The van der Waals surface area contributed by atoms with Crippen LogP contribution in [0.4, 0.5) is 5.13 Å². The molecule has 2 rings (SSSR count). The molecule has 0 radical (unpaired) electrons. The van der Waals surface area contributed by atoms with Crippen molar-refractivity contribution in [2.45, 2.75) is 6.42 Å². The molecule has 0 bridgehead atoms. The third kappa shape index (κ3) is 3.96. The zero-order valence-electron chi connectivity index (χ0n) is 11.2. The number of ether oxygens (including phenoxy) is 1. The van der Waals surface area contributed by atoms with Crippen molar-refractivity contribution in [2.75, 3.05) is 12.4 Å². The van der Waals surface area contributed by atoms with E-state index in [2.05, 4.69) is 10.3 Å². The van der Waals surface area contributed by atoms with E-state index in [4.69, 9.17) is 4.74 Å². The van der Waals surface area contributed by atoms with E-state index in [1.165, 1.54) is 24.6 Å². The summed E-state index contributed by atoms with van der Waals surface area (Å²) in [6.45, 7) is 0. The van der Waals surface area contributed by atoms with Gasteiger partial charge in [0.2, 0.25) is 5.78 Å². The zero-order chi connectivity index (χ0) is 15.2. The van der Waals surface area contributed by atoms with Crippen molar-refractivity contribution in [1.82, 2.24) is 4.98 Å². The van der Waals surface area contributed by atoms with E-state index >= 15 is 0 Å². The van der Waals surface area contributed by atoms with Crippen molar-refractivity contribution in [3.05, 3.63) is 41.4 Å². The van der Waals surface area contributed by atoms with Gasteiger partial charge >= 0.3 is 0 Å². The molecule has 0 spiro atoms. The van der Waals surface area contributed by atoms with Gasteiger partial charge < -0.3 is 4.74 Å². The Kier molecular flexibility index (Phi) is 4.78. The number of nitrogens with one attached hydrogen (secondary N) is 1. The van der Waals surface area contributed by atoms with E-state index in [1.807, 2.05) is 0 Å². The van der Waals surface area contributed by atoms with Crippen LogP contribution in [-0.2, 0) is 9.59 Å². The normalized spacial score (nSPS) is 9.95. The van der Waals surface area contributed by atoms with Crippen LogP contribution in [0.15, 0.2) is 35.8 Å². The molecule has 108 valence electrons. The molecule has 0 aliphatic carbocycles. The molecule has 2 aromatic rings. The van der Waals surface area contributed by atoms with Crippen molar-refractivity contribution >= 4 is 33.9 Å². The highest BCUT2D eigenvalue weighted by Gasteiger charge is 2.19. The lowest BCUT2D eigenvalue weighted by molar-refractivity contribution is -0.134. The molecule has 7 heteroatoms. The Morgan fingerprint density at radius 3 is 2.52 bits per heavy atom. The Balaban J connectivity index is 1.94. The van der Waals surface area contributed by atoms with Gasteiger partial charge in [0.25, 0.3) is 5.91 Å². The number of benzene rings is 1. The molecule has 6 nitrogen and oxygen atoms in total. The maximum Gasteiger partial charge on any atom is 0.294 e. The van der Waals surface area contributed by atoms with Gasteiger partial charge in [0.1, 0.15) is 5.75 Å². The van der Waals surface area contributed by atoms with E-state index in [-0.39, 0.29) is 0 Å². The van der Waals surface area contributed by atoms with E-state index < -0.39 is 23.9 Å². The number of nitrogens with zero attached hydrogens (tertiary/aromatic N) is 1. The van der Waals surface area contributed by atoms with Crippen LogP contribution >= 0.6 is 11.3 Å². The lowest BCUT2D eigenvalue weighted by Crippen LogP contribution is -2.25. The van der Waals surface area contributed by atoms with Gasteiger partial charge in [0.05, 0.1) is 13.5 Å². The number of methoxy groups -OCH3 is 1. The summed E-state index contributed by atoms with van der Waals surface area (Å²) in [7, 11) is 1.52. The Labute approximate surface area is 124 Å². The minimum atomic E-state index is -0.841. The Hall–Kier alpha value is -2.54. The van der Waals surface area contributed by atoms with Crippen LogP contribution < -0.4 is 10.1 Å². The van der Waals surface area contributed by atoms with Gasteiger partial charge in [0.15, 0.2) is 10.9 Å². The number of hydrogen-bond acceptors (Lipinski definition) is 6. The van der Waals surface area contributed by atoms with Crippen LogP contribution in [-0.4, -0.2) is 29.6 Å². The van der Waals surface area contributed by atoms with E-state index in [0.29, 0.717) is 16.4 Å². The summed E-state index contributed by atoms with van der Waals surface area (Å²) in [4.78, 5) is 39.0. The summed E-state index contributed by atoms with van der Waals surface area (Å²) in [6, 6.07) is 6.33. The number of rotatable bonds is 6. The fourth-order valence-corrected chi connectivity index (χ4v) is 2.08. The Bertz CT molecular complexity index is 650. The predicted octanol–water partition coefficient (Wildman–Crippen LogP) is 1.93. The molecule has 0 fully saturated rings. The second kappa shape index (κ2) is 6.76. The molecule has 1 amide bonds. The van der Waals surface area contributed by atoms with Crippen LogP contribution in [0.1, 0.15) is 16.8 Å². The highest BCUT2D eigenvalue weighted by Crippen LogP contribution is 2.14. The van der Waals surface area contributed by atoms with Crippen LogP contribution in [0, 0.1) is 0 Å². The van der Waals surface area contributed by atoms with Crippen LogP contribution in [0.3, 0.4) is 0 Å². The fourth-order valence-electron chi connectivity index (χ4n) is 1.56. The number of hydrogen-bond donors (Lipinski definition) is 1. The summed E-state index contributed by atoms with van der Waals surface area (Å²) < 4.78 is 4.98. The van der Waals surface area contributed by atoms with Crippen molar-refractivity contribution in [1.29, 1.82) is 0 Å². The van der Waals surface area contributed by atoms with Crippen LogP contribution in [0.5, 0.6) is 5.75 Å². The molecule has 0 saturated heterocycles. The Morgan fingerprint density at radius 1 is 1.24 bits per heavy atom. The second-order valence-corrected chi connectivity index (χ2v) is 4.94. The zero-order valence-corrected chi connectivity index (χ0v) is 12.0. The van der Waals surface area contributed by atoms with Gasteiger partial charge in [0, 0.05) is 17.1 Å². The van der Waals surface area contributed by atoms with E-state index in [0.717, 1.165) is 0 Å². The first kappa shape index (κ1) is 14.9. The van der Waals surface area contributed by atoms with Crippen LogP contribution in [0.25, 0.3) is 0 Å². The van der Waals surface area contributed by atoms with Gasteiger partial charge in [-0.15, -0.1) is 11.3 Å². The number of Topliss-reactive ketones (excluding diaryl/α,β-unsaturated/α-hetero) is 2. The van der Waals surface area contributed by atoms with Gasteiger partial charge in [-0.3, -0.25) is 19.7 Å². The quantitative estimate of drug-likeness (QED) is 0.501. The maximum absolute atomic E-state index is 11.9. The van der Waals surface area contributed by atoms with Crippen molar-refractivity contribution < 1.29 is 19.1 Å². The first-order valence-electron chi connectivity index (χ1n) is 6.01. The minimum absolute atomic E-state index is 0.324. The molecule has 1 aromatic carbocycles. The number of aromatic nitrogens is 1. The summed E-state index contributed by atoms with van der Waals surface area (Å²) >= 11 is 1.19. The standard InChI is InChI=1S/C14H12N2O4S/c1-20-10-4-2-9(3-5-10)11(17)8-12(18)13(19)16-14-15-6-7-21-14/h2-7H,8H2,1H3,(H,15,16,19). The monoisotopic (exact) mass is 304 g/mol. The summed E-state index contributed by atoms with van der Waals surface area (Å²) in [5, 5.41) is 4.34. The van der Waals surface area contributed by atoms with Gasteiger partial charge in [-0.1, -0.05) is 0 Å². The molecule has 1 heterocycles. The number of ketones is 2. The SMILES string of the molecule is COc1ccc(C(=O)CC(=O)C(=O)Nc2nccs2)cc1. The second-order valence-electron chi connectivity index (χ2n) is 4.04. The fraction of sp³-hybridized carbons (Fsp3) is 0.143. The number of carbonyl (C=O) groups is 3. The third-order valence-electron chi connectivity index (χ3n) is 2.64. The lowest BCUT2D eigenvalue weighted by Gasteiger charge is -2.03. The van der Waals surface area contributed by atoms with Gasteiger partial charge in [-0.2, -0.15) is 0 Å². The van der Waals surface area contributed by atoms with Crippen molar-refractivity contribution in [3.63, 3.8) is 0 Å². The topological polar surface area (TPSA) is 85.4 Å². The molecule has 0 atom stereocenters. The highest BCUT2D eigenvalue weighted by atomic mass is 32.1. The average Bonchev–Trinajstić information content (AvgIpc) is 3.00. The largest absolute Gasteiger partial charge is 0.497 e. The number of thiazole rings is 1. The van der Waals surface area contributed by atoms with E-state index in [9.17, 15) is 14.4 Å². The minimum Gasteiger partial charge on any atom is -0.497 e. The van der Waals surface area contributed by atoms with Crippen molar-refractivity contribution in [3.8, 4) is 5.75 Å². The lowest BCUT2D eigenvalue weighted by atomic mass is 10.1. The van der Waals surface area contributed by atoms with Crippen LogP contribution in [0.2, 0.25) is 0 Å². The summed E-state index contributed by atoms with van der Waals surface area (Å²) in [6.07, 6.45) is 1.02. The molecule has 0 aliphatic rings. The molecule has 1 N–H and O–H groups in total. The number of amides is 1.